The van der Waals surface area contributed by atoms with Crippen LogP contribution in [0.1, 0.15) is 33.1 Å². The van der Waals surface area contributed by atoms with Gasteiger partial charge in [-0.25, -0.2) is 8.78 Å². The zero-order valence-corrected chi connectivity index (χ0v) is 11.1. The van der Waals surface area contributed by atoms with Crippen molar-refractivity contribution < 1.29 is 23.5 Å². The minimum atomic E-state index is -3.34. The standard InChI is InChI=1S/C13H19F2NO3/c1-8(2)6-9(4-5-11(18)19)12(16)10(7-17)13(3,14)15/h7,9H,1,4-6,16H2,2-3H3,(H,18,19)/t9-/m0/s1. The van der Waals surface area contributed by atoms with Crippen LogP contribution in [0.5, 0.6) is 0 Å². The van der Waals surface area contributed by atoms with Gasteiger partial charge in [-0.15, -0.1) is 6.58 Å². The van der Waals surface area contributed by atoms with E-state index in [4.69, 9.17) is 10.8 Å². The highest BCUT2D eigenvalue weighted by Crippen LogP contribution is 2.30. The topological polar surface area (TPSA) is 80.4 Å². The van der Waals surface area contributed by atoms with Crippen molar-refractivity contribution >= 4 is 12.3 Å². The molecule has 0 aromatic heterocycles. The predicted octanol–water partition coefficient (Wildman–Crippen LogP) is 2.50. The second-order valence-corrected chi connectivity index (χ2v) is 4.67. The molecule has 3 N–H and O–H groups in total. The quantitative estimate of drug-likeness (QED) is 0.405. The number of halogens is 2. The molecule has 19 heavy (non-hydrogen) atoms. The number of aliphatic carboxylic acids is 1. The minimum Gasteiger partial charge on any atom is -0.481 e. The maximum Gasteiger partial charge on any atom is 0.303 e. The van der Waals surface area contributed by atoms with Gasteiger partial charge < -0.3 is 10.8 Å². The maximum atomic E-state index is 13.2. The summed E-state index contributed by atoms with van der Waals surface area (Å²) < 4.78 is 26.5. The predicted molar refractivity (Wildman–Crippen MR) is 67.7 cm³/mol. The minimum absolute atomic E-state index is 0.0293. The molecule has 0 fully saturated rings. The van der Waals surface area contributed by atoms with E-state index in [1.54, 1.807) is 6.92 Å². The van der Waals surface area contributed by atoms with Crippen molar-refractivity contribution in [1.82, 2.24) is 0 Å². The number of allylic oxidation sites excluding steroid dienone is 3. The number of carboxylic acids is 1. The molecule has 0 spiro atoms. The van der Waals surface area contributed by atoms with Crippen LogP contribution >= 0.6 is 0 Å². The van der Waals surface area contributed by atoms with Crippen molar-refractivity contribution in [3.63, 3.8) is 0 Å². The molecule has 4 nitrogen and oxygen atoms in total. The third-order valence-electron chi connectivity index (χ3n) is 2.64. The Labute approximate surface area is 111 Å². The molecule has 0 aromatic rings. The molecule has 6 heteroatoms. The van der Waals surface area contributed by atoms with Crippen LogP contribution in [0.25, 0.3) is 0 Å². The largest absolute Gasteiger partial charge is 0.481 e. The van der Waals surface area contributed by atoms with Gasteiger partial charge >= 0.3 is 5.97 Å². The first-order chi connectivity index (χ1) is 8.59. The van der Waals surface area contributed by atoms with Crippen LogP contribution in [0.4, 0.5) is 8.78 Å². The van der Waals surface area contributed by atoms with Crippen molar-refractivity contribution in [3.05, 3.63) is 23.4 Å². The lowest BCUT2D eigenvalue weighted by Gasteiger charge is -2.21. The molecule has 0 bridgehead atoms. The van der Waals surface area contributed by atoms with Crippen molar-refractivity contribution in [2.75, 3.05) is 0 Å². The maximum absolute atomic E-state index is 13.2. The van der Waals surface area contributed by atoms with Crippen molar-refractivity contribution in [1.29, 1.82) is 0 Å². The fourth-order valence-electron chi connectivity index (χ4n) is 1.73. The summed E-state index contributed by atoms with van der Waals surface area (Å²) in [5.74, 6) is -5.02. The van der Waals surface area contributed by atoms with Crippen molar-refractivity contribution in [2.45, 2.75) is 39.0 Å². The summed E-state index contributed by atoms with van der Waals surface area (Å²) in [4.78, 5) is 21.3. The highest BCUT2D eigenvalue weighted by molar-refractivity contribution is 5.77. The van der Waals surface area contributed by atoms with Gasteiger partial charge in [0.05, 0.1) is 5.57 Å². The van der Waals surface area contributed by atoms with Gasteiger partial charge in [0.25, 0.3) is 5.92 Å². The van der Waals surface area contributed by atoms with Crippen LogP contribution in [0.3, 0.4) is 0 Å². The molecule has 0 aliphatic heterocycles. The monoisotopic (exact) mass is 275 g/mol. The number of hydrogen-bond donors (Lipinski definition) is 2. The fraction of sp³-hybridized carbons (Fsp3) is 0.538. The van der Waals surface area contributed by atoms with E-state index in [1.807, 2.05) is 0 Å². The van der Waals surface area contributed by atoms with Gasteiger partial charge in [0, 0.05) is 25.0 Å². The molecule has 0 aromatic carbocycles. The number of alkyl halides is 2. The van der Waals surface area contributed by atoms with Crippen LogP contribution < -0.4 is 5.73 Å². The van der Waals surface area contributed by atoms with E-state index in [1.165, 1.54) is 0 Å². The van der Waals surface area contributed by atoms with Crippen LogP contribution in [0.2, 0.25) is 0 Å². The first kappa shape index (κ1) is 17.3. The van der Waals surface area contributed by atoms with E-state index in [0.717, 1.165) is 0 Å². The van der Waals surface area contributed by atoms with Crippen molar-refractivity contribution in [3.8, 4) is 0 Å². The molecule has 0 saturated carbocycles. The van der Waals surface area contributed by atoms with Gasteiger partial charge in [-0.2, -0.15) is 0 Å². The molecule has 0 rings (SSSR count). The Bertz CT molecular complexity index is 397. The average Bonchev–Trinajstić information content (AvgIpc) is 2.22. The van der Waals surface area contributed by atoms with E-state index < -0.39 is 23.4 Å². The Kier molecular flexibility index (Phi) is 6.38. The number of rotatable bonds is 8. The first-order valence-corrected chi connectivity index (χ1v) is 5.78. The number of aldehydes is 1. The smallest absolute Gasteiger partial charge is 0.303 e. The molecular formula is C13H19F2NO3. The third-order valence-corrected chi connectivity index (χ3v) is 2.64. The zero-order chi connectivity index (χ0) is 15.2. The number of carbonyl (C=O) groups is 2. The van der Waals surface area contributed by atoms with Crippen molar-refractivity contribution in [2.24, 2.45) is 11.7 Å². The summed E-state index contributed by atoms with van der Waals surface area (Å²) in [6.07, 6.45) is 0.176. The van der Waals surface area contributed by atoms with Gasteiger partial charge in [-0.05, 0) is 19.8 Å². The van der Waals surface area contributed by atoms with E-state index in [9.17, 15) is 18.4 Å². The molecule has 0 saturated heterocycles. The number of carbonyl (C=O) groups excluding carboxylic acids is 1. The lowest BCUT2D eigenvalue weighted by Crippen LogP contribution is -2.25. The molecule has 0 heterocycles. The Morgan fingerprint density at radius 1 is 1.53 bits per heavy atom. The van der Waals surface area contributed by atoms with Gasteiger partial charge in [0.15, 0.2) is 6.29 Å². The average molecular weight is 275 g/mol. The number of nitrogens with two attached hydrogens (primary N) is 1. The van der Waals surface area contributed by atoms with E-state index in [0.29, 0.717) is 12.5 Å². The van der Waals surface area contributed by atoms with Gasteiger partial charge in [0.1, 0.15) is 0 Å². The van der Waals surface area contributed by atoms with E-state index in [2.05, 4.69) is 6.58 Å². The van der Waals surface area contributed by atoms with Gasteiger partial charge in [-0.1, -0.05) is 5.57 Å². The summed E-state index contributed by atoms with van der Waals surface area (Å²) in [5.41, 5.74) is 5.27. The summed E-state index contributed by atoms with van der Waals surface area (Å²) in [6.45, 7) is 5.92. The molecular weight excluding hydrogens is 256 g/mol. The van der Waals surface area contributed by atoms with Crippen LogP contribution in [-0.2, 0) is 9.59 Å². The van der Waals surface area contributed by atoms with Gasteiger partial charge in [0.2, 0.25) is 0 Å². The molecule has 0 aliphatic carbocycles. The summed E-state index contributed by atoms with van der Waals surface area (Å²) in [7, 11) is 0. The lowest BCUT2D eigenvalue weighted by molar-refractivity contribution is -0.137. The molecule has 108 valence electrons. The lowest BCUT2D eigenvalue weighted by atomic mass is 9.89. The second-order valence-electron chi connectivity index (χ2n) is 4.67. The molecule has 1 atom stereocenters. The Morgan fingerprint density at radius 2 is 2.05 bits per heavy atom. The third kappa shape index (κ3) is 6.13. The highest BCUT2D eigenvalue weighted by atomic mass is 19.3. The SMILES string of the molecule is C=C(C)C[C@H](CCC(=O)O)C(N)=C(C=O)C(C)(F)F. The Hall–Kier alpha value is -1.72. The van der Waals surface area contributed by atoms with Crippen LogP contribution in [0, 0.1) is 5.92 Å². The second kappa shape index (κ2) is 7.01. The molecule has 0 amide bonds. The first-order valence-electron chi connectivity index (χ1n) is 5.78. The summed E-state index contributed by atoms with van der Waals surface area (Å²) in [5, 5.41) is 8.64. The Balaban J connectivity index is 5.32. The normalized spacial score (nSPS) is 14.5. The Morgan fingerprint density at radius 3 is 2.37 bits per heavy atom. The van der Waals surface area contributed by atoms with E-state index in [-0.39, 0.29) is 31.2 Å². The summed E-state index contributed by atoms with van der Waals surface area (Å²) in [6, 6.07) is 0. The van der Waals surface area contributed by atoms with Crippen LogP contribution in [-0.4, -0.2) is 23.3 Å². The fourth-order valence-corrected chi connectivity index (χ4v) is 1.73. The number of hydrogen-bond acceptors (Lipinski definition) is 3. The molecule has 0 aliphatic rings. The van der Waals surface area contributed by atoms with Crippen LogP contribution in [0.15, 0.2) is 23.4 Å². The molecule has 0 unspecified atom stereocenters. The zero-order valence-electron chi connectivity index (χ0n) is 11.1. The highest BCUT2D eigenvalue weighted by Gasteiger charge is 2.32. The van der Waals surface area contributed by atoms with E-state index >= 15 is 0 Å². The summed E-state index contributed by atoms with van der Waals surface area (Å²) >= 11 is 0. The van der Waals surface area contributed by atoms with Gasteiger partial charge in [-0.3, -0.25) is 9.59 Å². The number of carboxylic acid groups (broad SMARTS) is 1. The molecule has 0 radical (unpaired) electrons.